The Bertz CT molecular complexity index is 241. The number of rotatable bonds is 5. The van der Waals surface area contributed by atoms with E-state index in [9.17, 15) is 5.11 Å². The molecular weight excluding hydrogens is 222 g/mol. The fourth-order valence-corrected chi connectivity index (χ4v) is 3.91. The van der Waals surface area contributed by atoms with Crippen molar-refractivity contribution in [3.05, 3.63) is 0 Å². The molecule has 3 unspecified atom stereocenters. The molecule has 1 heterocycles. The van der Waals surface area contributed by atoms with Crippen molar-refractivity contribution in [1.29, 1.82) is 0 Å². The fourth-order valence-electron chi connectivity index (χ4n) is 3.91. The average Bonchev–Trinajstić information content (AvgIpc) is 2.77. The lowest BCUT2D eigenvalue weighted by atomic mass is 9.80. The molecule has 1 aliphatic heterocycles. The predicted molar refractivity (Wildman–Crippen MR) is 76.6 cm³/mol. The standard InChI is InChI=1S/C16H31NO/c1-13(2)7-5-11-17-12-6-9-15(17)14-8-3-4-10-16(14)18/h13-16,18H,3-12H2,1-2H3. The Balaban J connectivity index is 1.82. The quantitative estimate of drug-likeness (QED) is 0.811. The van der Waals surface area contributed by atoms with Gasteiger partial charge in [-0.1, -0.05) is 26.7 Å². The summed E-state index contributed by atoms with van der Waals surface area (Å²) in [4.78, 5) is 2.68. The maximum atomic E-state index is 10.2. The first-order chi connectivity index (χ1) is 8.68. The predicted octanol–water partition coefficient (Wildman–Crippen LogP) is 3.44. The van der Waals surface area contributed by atoms with Gasteiger partial charge in [0, 0.05) is 12.0 Å². The van der Waals surface area contributed by atoms with Gasteiger partial charge in [-0.2, -0.15) is 0 Å². The summed E-state index contributed by atoms with van der Waals surface area (Å²) in [5, 5.41) is 10.2. The summed E-state index contributed by atoms with van der Waals surface area (Å²) in [7, 11) is 0. The largest absolute Gasteiger partial charge is 0.393 e. The van der Waals surface area contributed by atoms with Crippen LogP contribution in [0.3, 0.4) is 0 Å². The molecule has 3 atom stereocenters. The molecule has 1 N–H and O–H groups in total. The highest BCUT2D eigenvalue weighted by molar-refractivity contribution is 4.90. The monoisotopic (exact) mass is 253 g/mol. The van der Waals surface area contributed by atoms with Crippen LogP contribution in [0.15, 0.2) is 0 Å². The normalized spacial score (nSPS) is 34.3. The Hall–Kier alpha value is -0.0800. The summed E-state index contributed by atoms with van der Waals surface area (Å²) in [5.74, 6) is 1.40. The molecule has 2 heteroatoms. The van der Waals surface area contributed by atoms with Crippen LogP contribution in [0.5, 0.6) is 0 Å². The molecule has 0 spiro atoms. The number of hydrogen-bond donors (Lipinski definition) is 1. The molecule has 0 bridgehead atoms. The van der Waals surface area contributed by atoms with E-state index in [4.69, 9.17) is 0 Å². The van der Waals surface area contributed by atoms with Crippen molar-refractivity contribution in [3.63, 3.8) is 0 Å². The number of aliphatic hydroxyl groups is 1. The molecule has 2 aliphatic rings. The Morgan fingerprint density at radius 1 is 1.11 bits per heavy atom. The number of likely N-dealkylation sites (tertiary alicyclic amines) is 1. The second kappa shape index (κ2) is 6.91. The Labute approximate surface area is 113 Å². The van der Waals surface area contributed by atoms with Gasteiger partial charge in [-0.25, -0.2) is 0 Å². The van der Waals surface area contributed by atoms with Crippen molar-refractivity contribution >= 4 is 0 Å². The second-order valence-corrected chi connectivity index (χ2v) is 6.80. The summed E-state index contributed by atoms with van der Waals surface area (Å²) in [5.41, 5.74) is 0. The molecule has 2 fully saturated rings. The van der Waals surface area contributed by atoms with E-state index in [-0.39, 0.29) is 6.10 Å². The molecule has 2 rings (SSSR count). The third-order valence-electron chi connectivity index (χ3n) is 4.92. The highest BCUT2D eigenvalue weighted by Crippen LogP contribution is 2.34. The van der Waals surface area contributed by atoms with Gasteiger partial charge in [-0.15, -0.1) is 0 Å². The maximum absolute atomic E-state index is 10.2. The Morgan fingerprint density at radius 2 is 1.89 bits per heavy atom. The fraction of sp³-hybridized carbons (Fsp3) is 1.00. The first kappa shape index (κ1) is 14.3. The molecule has 0 aromatic carbocycles. The molecule has 1 aliphatic carbocycles. The van der Waals surface area contributed by atoms with E-state index >= 15 is 0 Å². The van der Waals surface area contributed by atoms with E-state index in [2.05, 4.69) is 18.7 Å². The van der Waals surface area contributed by atoms with Crippen LogP contribution in [-0.4, -0.2) is 35.2 Å². The number of hydrogen-bond acceptors (Lipinski definition) is 2. The molecule has 1 saturated carbocycles. The van der Waals surface area contributed by atoms with Crippen molar-refractivity contribution in [1.82, 2.24) is 4.90 Å². The lowest BCUT2D eigenvalue weighted by Gasteiger charge is -2.37. The smallest absolute Gasteiger partial charge is 0.0583 e. The highest BCUT2D eigenvalue weighted by Gasteiger charge is 2.36. The summed E-state index contributed by atoms with van der Waals surface area (Å²) >= 11 is 0. The van der Waals surface area contributed by atoms with Crippen molar-refractivity contribution < 1.29 is 5.11 Å². The van der Waals surface area contributed by atoms with Gasteiger partial charge >= 0.3 is 0 Å². The van der Waals surface area contributed by atoms with E-state index < -0.39 is 0 Å². The third kappa shape index (κ3) is 3.71. The molecule has 1 saturated heterocycles. The SMILES string of the molecule is CC(C)CCCN1CCCC1C1CCCCC1O. The zero-order valence-electron chi connectivity index (χ0n) is 12.3. The molecule has 0 amide bonds. The highest BCUT2D eigenvalue weighted by atomic mass is 16.3. The molecule has 0 aromatic rings. The Kier molecular flexibility index (Phi) is 5.50. The zero-order valence-corrected chi connectivity index (χ0v) is 12.3. The summed E-state index contributed by atoms with van der Waals surface area (Å²) in [6, 6.07) is 0.687. The van der Waals surface area contributed by atoms with Crippen LogP contribution in [-0.2, 0) is 0 Å². The minimum atomic E-state index is -0.0190. The lowest BCUT2D eigenvalue weighted by molar-refractivity contribution is 0.0216. The van der Waals surface area contributed by atoms with Crippen LogP contribution in [0.2, 0.25) is 0 Å². The van der Waals surface area contributed by atoms with Crippen molar-refractivity contribution in [2.45, 2.75) is 77.4 Å². The number of nitrogens with zero attached hydrogens (tertiary/aromatic N) is 1. The van der Waals surface area contributed by atoms with Crippen LogP contribution in [0.1, 0.15) is 65.2 Å². The van der Waals surface area contributed by atoms with Crippen molar-refractivity contribution in [2.75, 3.05) is 13.1 Å². The number of aliphatic hydroxyl groups excluding tert-OH is 1. The average molecular weight is 253 g/mol. The third-order valence-corrected chi connectivity index (χ3v) is 4.92. The van der Waals surface area contributed by atoms with E-state index in [0.29, 0.717) is 12.0 Å². The molecular formula is C16H31NO. The molecule has 2 nitrogen and oxygen atoms in total. The van der Waals surface area contributed by atoms with Crippen LogP contribution in [0, 0.1) is 11.8 Å². The molecule has 106 valence electrons. The summed E-state index contributed by atoms with van der Waals surface area (Å²) in [6.45, 7) is 7.15. The van der Waals surface area contributed by atoms with E-state index in [0.717, 1.165) is 12.3 Å². The van der Waals surface area contributed by atoms with Crippen LogP contribution < -0.4 is 0 Å². The van der Waals surface area contributed by atoms with E-state index in [1.807, 2.05) is 0 Å². The molecule has 0 radical (unpaired) electrons. The van der Waals surface area contributed by atoms with Crippen molar-refractivity contribution in [3.8, 4) is 0 Å². The van der Waals surface area contributed by atoms with E-state index in [1.165, 1.54) is 58.0 Å². The first-order valence-corrected chi connectivity index (χ1v) is 8.10. The van der Waals surface area contributed by atoms with Crippen LogP contribution in [0.25, 0.3) is 0 Å². The van der Waals surface area contributed by atoms with Crippen LogP contribution in [0.4, 0.5) is 0 Å². The van der Waals surface area contributed by atoms with Gasteiger partial charge in [0.2, 0.25) is 0 Å². The van der Waals surface area contributed by atoms with Crippen LogP contribution >= 0.6 is 0 Å². The molecule has 18 heavy (non-hydrogen) atoms. The summed E-state index contributed by atoms with van der Waals surface area (Å²) in [6.07, 6.45) is 10.2. The topological polar surface area (TPSA) is 23.5 Å². The van der Waals surface area contributed by atoms with Gasteiger partial charge in [0.25, 0.3) is 0 Å². The minimum Gasteiger partial charge on any atom is -0.393 e. The van der Waals surface area contributed by atoms with Gasteiger partial charge in [0.1, 0.15) is 0 Å². The Morgan fingerprint density at radius 3 is 2.61 bits per heavy atom. The van der Waals surface area contributed by atoms with E-state index in [1.54, 1.807) is 0 Å². The minimum absolute atomic E-state index is 0.0190. The zero-order chi connectivity index (χ0) is 13.0. The van der Waals surface area contributed by atoms with Crippen molar-refractivity contribution in [2.24, 2.45) is 11.8 Å². The van der Waals surface area contributed by atoms with Gasteiger partial charge in [-0.05, 0) is 57.5 Å². The van der Waals surface area contributed by atoms with Gasteiger partial charge in [-0.3, -0.25) is 0 Å². The molecule has 0 aromatic heterocycles. The maximum Gasteiger partial charge on any atom is 0.0583 e. The lowest BCUT2D eigenvalue weighted by Crippen LogP contribution is -2.43. The summed E-state index contributed by atoms with van der Waals surface area (Å²) < 4.78 is 0. The van der Waals surface area contributed by atoms with Gasteiger partial charge in [0.15, 0.2) is 0 Å². The first-order valence-electron chi connectivity index (χ1n) is 8.10. The van der Waals surface area contributed by atoms with Gasteiger partial charge in [0.05, 0.1) is 6.10 Å². The van der Waals surface area contributed by atoms with Gasteiger partial charge < -0.3 is 10.0 Å². The second-order valence-electron chi connectivity index (χ2n) is 6.80.